The number of carboxylic acid groups (broad SMARTS) is 1. The minimum atomic E-state index is -0.814. The van der Waals surface area contributed by atoms with Crippen LogP contribution in [0.2, 0.25) is 0 Å². The van der Waals surface area contributed by atoms with Gasteiger partial charge in [-0.25, -0.2) is 0 Å². The molecule has 2 amide bonds. The van der Waals surface area contributed by atoms with Crippen molar-refractivity contribution in [2.24, 2.45) is 0 Å². The van der Waals surface area contributed by atoms with Gasteiger partial charge in [0.15, 0.2) is 0 Å². The van der Waals surface area contributed by atoms with E-state index in [0.29, 0.717) is 48.5 Å². The van der Waals surface area contributed by atoms with Crippen LogP contribution in [0.25, 0.3) is 11.3 Å². The number of amides is 2. The Kier molecular flexibility index (Phi) is 8.62. The van der Waals surface area contributed by atoms with Crippen molar-refractivity contribution in [1.29, 1.82) is 0 Å². The molecular formula is C27H29NO6. The van der Waals surface area contributed by atoms with E-state index in [1.165, 1.54) is 4.90 Å². The summed E-state index contributed by atoms with van der Waals surface area (Å²) in [6.45, 7) is 3.94. The lowest BCUT2D eigenvalue weighted by Gasteiger charge is -2.26. The zero-order valence-electron chi connectivity index (χ0n) is 19.4. The lowest BCUT2D eigenvalue weighted by atomic mass is 10.1. The number of carbonyl (C=O) groups is 3. The summed E-state index contributed by atoms with van der Waals surface area (Å²) in [6, 6.07) is 17.1. The van der Waals surface area contributed by atoms with Gasteiger partial charge in [-0.15, -0.1) is 0 Å². The Morgan fingerprint density at radius 3 is 2.29 bits per heavy atom. The fourth-order valence-corrected chi connectivity index (χ4v) is 3.56. The zero-order chi connectivity index (χ0) is 24.5. The van der Waals surface area contributed by atoms with Gasteiger partial charge in [0.1, 0.15) is 11.5 Å². The molecule has 0 unspecified atom stereocenters. The van der Waals surface area contributed by atoms with E-state index in [9.17, 15) is 14.4 Å². The van der Waals surface area contributed by atoms with Crippen LogP contribution in [0.4, 0.5) is 0 Å². The molecule has 178 valence electrons. The van der Waals surface area contributed by atoms with E-state index in [-0.39, 0.29) is 12.5 Å². The Morgan fingerprint density at radius 2 is 1.65 bits per heavy atom. The van der Waals surface area contributed by atoms with Gasteiger partial charge in [0, 0.05) is 23.6 Å². The topological polar surface area (TPSA) is 97.0 Å². The minimum absolute atomic E-state index is 0.128. The van der Waals surface area contributed by atoms with Gasteiger partial charge in [-0.3, -0.25) is 19.3 Å². The van der Waals surface area contributed by atoms with E-state index in [4.69, 9.17) is 14.3 Å². The van der Waals surface area contributed by atoms with E-state index >= 15 is 0 Å². The fraction of sp³-hybridized carbons (Fsp3) is 0.296. The fourth-order valence-electron chi connectivity index (χ4n) is 3.56. The van der Waals surface area contributed by atoms with Gasteiger partial charge < -0.3 is 14.3 Å². The average Bonchev–Trinajstić information content (AvgIpc) is 3.36. The van der Waals surface area contributed by atoms with Crippen molar-refractivity contribution in [3.05, 3.63) is 78.1 Å². The number of benzene rings is 2. The monoisotopic (exact) mass is 463 g/mol. The molecule has 0 saturated heterocycles. The Bertz CT molecular complexity index is 1100. The number of furan rings is 1. The summed E-state index contributed by atoms with van der Waals surface area (Å²) in [5, 5.41) is 8.72. The summed E-state index contributed by atoms with van der Waals surface area (Å²) in [5.41, 5.74) is 1.54. The normalized spacial score (nSPS) is 10.8. The number of hydrogen-bond acceptors (Lipinski definition) is 5. The first-order chi connectivity index (χ1) is 16.4. The van der Waals surface area contributed by atoms with Crippen molar-refractivity contribution in [3.63, 3.8) is 0 Å². The number of hydrogen-bond donors (Lipinski definition) is 1. The summed E-state index contributed by atoms with van der Waals surface area (Å²) < 4.78 is 11.2. The number of aliphatic carboxylic acids is 1. The standard InChI is InChI=1S/C27H29NO6/c1-19(2)28(26(31)21-15-13-20(14-16-21)23-11-8-18-33-23)27(32)22-9-5-6-10-24(22)34-17-7-3-4-12-25(29)30/h5-6,8-11,13-16,18-19H,3-4,7,12,17H2,1-2H3,(H,29,30). The molecule has 0 aliphatic rings. The molecule has 34 heavy (non-hydrogen) atoms. The van der Waals surface area contributed by atoms with Crippen LogP contribution >= 0.6 is 0 Å². The Balaban J connectivity index is 1.72. The highest BCUT2D eigenvalue weighted by atomic mass is 16.5. The first-order valence-corrected chi connectivity index (χ1v) is 11.3. The third-order valence-electron chi connectivity index (χ3n) is 5.30. The van der Waals surface area contributed by atoms with Crippen LogP contribution in [0.3, 0.4) is 0 Å². The molecule has 0 aliphatic carbocycles. The summed E-state index contributed by atoms with van der Waals surface area (Å²) in [4.78, 5) is 38.6. The largest absolute Gasteiger partial charge is 0.493 e. The lowest BCUT2D eigenvalue weighted by molar-refractivity contribution is -0.137. The van der Waals surface area contributed by atoms with E-state index < -0.39 is 17.8 Å². The van der Waals surface area contributed by atoms with Gasteiger partial charge in [-0.05, 0) is 69.5 Å². The van der Waals surface area contributed by atoms with Crippen LogP contribution in [0, 0.1) is 0 Å². The van der Waals surface area contributed by atoms with Gasteiger partial charge >= 0.3 is 5.97 Å². The quantitative estimate of drug-likeness (QED) is 0.291. The average molecular weight is 464 g/mol. The molecule has 1 heterocycles. The Labute approximate surface area is 199 Å². The molecule has 3 rings (SSSR count). The molecule has 0 aliphatic heterocycles. The number of imide groups is 1. The third kappa shape index (κ3) is 6.34. The van der Waals surface area contributed by atoms with Gasteiger partial charge in [0.2, 0.25) is 0 Å². The molecular weight excluding hydrogens is 434 g/mol. The van der Waals surface area contributed by atoms with Crippen LogP contribution in [0.5, 0.6) is 5.75 Å². The van der Waals surface area contributed by atoms with Crippen LogP contribution in [0.15, 0.2) is 71.3 Å². The van der Waals surface area contributed by atoms with Crippen LogP contribution in [-0.4, -0.2) is 40.4 Å². The highest BCUT2D eigenvalue weighted by molar-refractivity contribution is 6.11. The molecule has 2 aromatic carbocycles. The van der Waals surface area contributed by atoms with Crippen molar-refractivity contribution in [3.8, 4) is 17.1 Å². The van der Waals surface area contributed by atoms with E-state index in [0.717, 1.165) is 5.56 Å². The van der Waals surface area contributed by atoms with Crippen molar-refractivity contribution < 1.29 is 28.6 Å². The highest BCUT2D eigenvalue weighted by Crippen LogP contribution is 2.24. The number of ether oxygens (including phenoxy) is 1. The van der Waals surface area contributed by atoms with Crippen molar-refractivity contribution >= 4 is 17.8 Å². The SMILES string of the molecule is CC(C)N(C(=O)c1ccc(-c2ccco2)cc1)C(=O)c1ccccc1OCCCCCC(=O)O. The number of rotatable bonds is 11. The second-order valence-electron chi connectivity index (χ2n) is 8.18. The number of para-hydroxylation sites is 1. The van der Waals surface area contributed by atoms with Gasteiger partial charge in [-0.2, -0.15) is 0 Å². The second kappa shape index (κ2) is 11.8. The first-order valence-electron chi connectivity index (χ1n) is 11.3. The second-order valence-corrected chi connectivity index (χ2v) is 8.18. The summed E-state index contributed by atoms with van der Waals surface area (Å²) in [7, 11) is 0. The maximum Gasteiger partial charge on any atom is 0.303 e. The molecule has 0 bridgehead atoms. The van der Waals surface area contributed by atoms with Crippen molar-refractivity contribution in [2.45, 2.75) is 45.6 Å². The molecule has 7 heteroatoms. The summed E-state index contributed by atoms with van der Waals surface area (Å²) in [6.07, 6.45) is 3.68. The Hall–Kier alpha value is -3.87. The molecule has 0 atom stereocenters. The first kappa shape index (κ1) is 24.8. The van der Waals surface area contributed by atoms with E-state index in [2.05, 4.69) is 0 Å². The highest BCUT2D eigenvalue weighted by Gasteiger charge is 2.28. The molecule has 0 fully saturated rings. The predicted molar refractivity (Wildman–Crippen MR) is 128 cm³/mol. The molecule has 1 N–H and O–H groups in total. The maximum absolute atomic E-state index is 13.4. The minimum Gasteiger partial charge on any atom is -0.493 e. The summed E-state index contributed by atoms with van der Waals surface area (Å²) in [5.74, 6) is -0.542. The molecule has 1 aromatic heterocycles. The van der Waals surface area contributed by atoms with Crippen molar-refractivity contribution in [1.82, 2.24) is 4.90 Å². The molecule has 3 aromatic rings. The van der Waals surface area contributed by atoms with Crippen LogP contribution < -0.4 is 4.74 Å². The van der Waals surface area contributed by atoms with Crippen molar-refractivity contribution in [2.75, 3.05) is 6.61 Å². The molecule has 0 radical (unpaired) electrons. The van der Waals surface area contributed by atoms with Crippen LogP contribution in [-0.2, 0) is 4.79 Å². The van der Waals surface area contributed by atoms with Gasteiger partial charge in [0.25, 0.3) is 11.8 Å². The number of unbranched alkanes of at least 4 members (excludes halogenated alkanes) is 2. The predicted octanol–water partition coefficient (Wildman–Crippen LogP) is 5.66. The van der Waals surface area contributed by atoms with Gasteiger partial charge in [-0.1, -0.05) is 24.3 Å². The van der Waals surface area contributed by atoms with Crippen LogP contribution in [0.1, 0.15) is 60.2 Å². The molecule has 0 spiro atoms. The number of nitrogens with zero attached hydrogens (tertiary/aromatic N) is 1. The molecule has 7 nitrogen and oxygen atoms in total. The number of carbonyl (C=O) groups excluding carboxylic acids is 2. The maximum atomic E-state index is 13.4. The third-order valence-corrected chi connectivity index (χ3v) is 5.30. The molecule has 0 saturated carbocycles. The number of carboxylic acids is 1. The summed E-state index contributed by atoms with van der Waals surface area (Å²) >= 11 is 0. The van der Waals surface area contributed by atoms with E-state index in [1.807, 2.05) is 6.07 Å². The smallest absolute Gasteiger partial charge is 0.303 e. The van der Waals surface area contributed by atoms with Gasteiger partial charge in [0.05, 0.1) is 18.4 Å². The lowest BCUT2D eigenvalue weighted by Crippen LogP contribution is -2.42. The Morgan fingerprint density at radius 1 is 0.912 bits per heavy atom. The van der Waals surface area contributed by atoms with E-state index in [1.54, 1.807) is 74.7 Å². The zero-order valence-corrected chi connectivity index (χ0v) is 19.4.